The fourth-order valence-corrected chi connectivity index (χ4v) is 9.20. The van der Waals surface area contributed by atoms with Crippen LogP contribution in [0.15, 0.2) is 176 Å². The maximum Gasteiger partial charge on any atom is 0.164 e. The summed E-state index contributed by atoms with van der Waals surface area (Å²) in [7, 11) is 0. The number of thiophene rings is 1. The molecule has 0 bridgehead atoms. The number of hydrogen-bond acceptors (Lipinski definition) is 6. The normalized spacial score (nSPS) is 11.5. The molecule has 0 saturated heterocycles. The molecular weight excluding hydrogens is 715 g/mol. The van der Waals surface area contributed by atoms with Gasteiger partial charge < -0.3 is 0 Å². The summed E-state index contributed by atoms with van der Waals surface area (Å²) in [6.07, 6.45) is 1.85. The fraction of sp³-hybridized carbons (Fsp3) is 0. The van der Waals surface area contributed by atoms with Gasteiger partial charge in [-0.3, -0.25) is 4.98 Å². The quantitative estimate of drug-likeness (QED) is 0.164. The SMILES string of the molecule is N#Cc1ccc(-c2cc3c4ccccc4c(-c4cccc(-c5nc(-c6ccccc6)nc(-c6ccc7c(c6)sc6ccccc67)n5)c4)cc3c3cccnc23)cc1. The first kappa shape index (κ1) is 32.8. The topological polar surface area (TPSA) is 75.3 Å². The van der Waals surface area contributed by atoms with E-state index in [-0.39, 0.29) is 0 Å². The Kier molecular flexibility index (Phi) is 7.66. The van der Waals surface area contributed by atoms with Crippen LogP contribution in [0.5, 0.6) is 0 Å². The maximum absolute atomic E-state index is 9.43. The largest absolute Gasteiger partial charge is 0.256 e. The Morgan fingerprint density at radius 3 is 1.79 bits per heavy atom. The second-order valence-electron chi connectivity index (χ2n) is 14.1. The van der Waals surface area contributed by atoms with Crippen molar-refractivity contribution < 1.29 is 0 Å². The summed E-state index contributed by atoms with van der Waals surface area (Å²) in [5.41, 5.74) is 8.58. The molecule has 11 aromatic rings. The molecule has 0 N–H and O–H groups in total. The van der Waals surface area contributed by atoms with Crippen molar-refractivity contribution in [1.82, 2.24) is 19.9 Å². The molecule has 0 amide bonds. The number of rotatable bonds is 5. The van der Waals surface area contributed by atoms with Gasteiger partial charge in [0.25, 0.3) is 0 Å². The molecule has 8 aromatic carbocycles. The minimum Gasteiger partial charge on any atom is -0.256 e. The molecule has 0 spiro atoms. The van der Waals surface area contributed by atoms with Crippen molar-refractivity contribution in [3.63, 3.8) is 0 Å². The van der Waals surface area contributed by atoms with Crippen LogP contribution in [0.25, 0.3) is 109 Å². The van der Waals surface area contributed by atoms with Crippen LogP contribution in [0, 0.1) is 11.3 Å². The van der Waals surface area contributed by atoms with E-state index in [2.05, 4.69) is 115 Å². The van der Waals surface area contributed by atoms with Crippen LogP contribution in [-0.4, -0.2) is 19.9 Å². The van der Waals surface area contributed by atoms with Crippen molar-refractivity contribution in [3.05, 3.63) is 182 Å². The van der Waals surface area contributed by atoms with Gasteiger partial charge in [0.2, 0.25) is 0 Å². The standard InChI is InChI=1S/C51H29N5S/c52-30-31-19-21-32(22-20-31)43-29-44-38-15-5-4-14-37(38)42(28-45(44)41-17-9-25-53-48(41)43)34-12-8-13-35(26-34)50-54-49(33-10-2-1-3-11-33)55-51(56-50)36-23-24-40-39-16-6-7-18-46(39)57-47(40)27-36/h1-29H. The highest BCUT2D eigenvalue weighted by molar-refractivity contribution is 7.25. The number of fused-ring (bicyclic) bond motifs is 8. The van der Waals surface area contributed by atoms with Crippen molar-refractivity contribution in [3.8, 4) is 62.5 Å². The van der Waals surface area contributed by atoms with Gasteiger partial charge in [0, 0.05) is 54.0 Å². The van der Waals surface area contributed by atoms with Crippen LogP contribution >= 0.6 is 11.3 Å². The first-order chi connectivity index (χ1) is 28.2. The third-order valence-corrected chi connectivity index (χ3v) is 11.9. The second kappa shape index (κ2) is 13.3. The molecule has 57 heavy (non-hydrogen) atoms. The van der Waals surface area contributed by atoms with Gasteiger partial charge in [-0.1, -0.05) is 121 Å². The van der Waals surface area contributed by atoms with E-state index in [1.165, 1.54) is 20.2 Å². The van der Waals surface area contributed by atoms with E-state index in [9.17, 15) is 5.26 Å². The van der Waals surface area contributed by atoms with E-state index in [0.29, 0.717) is 23.0 Å². The Hall–Kier alpha value is -7.59. The van der Waals surface area contributed by atoms with E-state index in [1.807, 2.05) is 66.9 Å². The van der Waals surface area contributed by atoms with Crippen molar-refractivity contribution in [2.45, 2.75) is 0 Å². The molecule has 0 fully saturated rings. The summed E-state index contributed by atoms with van der Waals surface area (Å²) in [5, 5.41) is 17.6. The van der Waals surface area contributed by atoms with Crippen LogP contribution in [0.3, 0.4) is 0 Å². The summed E-state index contributed by atoms with van der Waals surface area (Å²) in [6, 6.07) is 61.0. The van der Waals surface area contributed by atoms with Crippen LogP contribution in [0.2, 0.25) is 0 Å². The van der Waals surface area contributed by atoms with Gasteiger partial charge in [0.1, 0.15) is 0 Å². The van der Waals surface area contributed by atoms with E-state index >= 15 is 0 Å². The third-order valence-electron chi connectivity index (χ3n) is 10.8. The molecule has 11 rings (SSSR count). The molecule has 3 heterocycles. The Morgan fingerprint density at radius 2 is 0.982 bits per heavy atom. The predicted molar refractivity (Wildman–Crippen MR) is 235 cm³/mol. The number of hydrogen-bond donors (Lipinski definition) is 0. The second-order valence-corrected chi connectivity index (χ2v) is 15.2. The molecule has 6 heteroatoms. The summed E-state index contributed by atoms with van der Waals surface area (Å²) in [6.45, 7) is 0. The lowest BCUT2D eigenvalue weighted by atomic mass is 9.88. The lowest BCUT2D eigenvalue weighted by molar-refractivity contribution is 1.07. The van der Waals surface area contributed by atoms with Crippen molar-refractivity contribution in [1.29, 1.82) is 5.26 Å². The van der Waals surface area contributed by atoms with Crippen molar-refractivity contribution in [2.24, 2.45) is 0 Å². The lowest BCUT2D eigenvalue weighted by Crippen LogP contribution is -2.00. The van der Waals surface area contributed by atoms with Crippen LogP contribution in [0.1, 0.15) is 5.56 Å². The Bertz CT molecular complexity index is 3420. The molecule has 0 radical (unpaired) electrons. The van der Waals surface area contributed by atoms with Gasteiger partial charge in [-0.15, -0.1) is 11.3 Å². The van der Waals surface area contributed by atoms with Gasteiger partial charge in [-0.2, -0.15) is 5.26 Å². The summed E-state index contributed by atoms with van der Waals surface area (Å²) >= 11 is 1.79. The average molecular weight is 744 g/mol. The van der Waals surface area contributed by atoms with Crippen LogP contribution in [0.4, 0.5) is 0 Å². The molecule has 0 unspecified atom stereocenters. The van der Waals surface area contributed by atoms with E-state index in [1.54, 1.807) is 11.3 Å². The zero-order valence-corrected chi connectivity index (χ0v) is 31.2. The predicted octanol–water partition coefficient (Wildman–Crippen LogP) is 13.3. The van der Waals surface area contributed by atoms with E-state index in [4.69, 9.17) is 19.9 Å². The van der Waals surface area contributed by atoms with Gasteiger partial charge in [0.15, 0.2) is 17.5 Å². The molecule has 0 aliphatic carbocycles. The summed E-state index contributed by atoms with van der Waals surface area (Å²) in [4.78, 5) is 20.2. The Labute approximate surface area is 331 Å². The minimum atomic E-state index is 0.615. The smallest absolute Gasteiger partial charge is 0.164 e. The van der Waals surface area contributed by atoms with E-state index < -0.39 is 0 Å². The number of pyridine rings is 1. The summed E-state index contributed by atoms with van der Waals surface area (Å²) < 4.78 is 2.47. The molecule has 0 aliphatic rings. The molecule has 3 aromatic heterocycles. The number of nitriles is 1. The first-order valence-corrected chi connectivity index (χ1v) is 19.6. The zero-order chi connectivity index (χ0) is 37.9. The van der Waals surface area contributed by atoms with Gasteiger partial charge in [0.05, 0.1) is 17.1 Å². The number of nitrogens with zero attached hydrogens (tertiary/aromatic N) is 5. The molecule has 264 valence electrons. The highest BCUT2D eigenvalue weighted by atomic mass is 32.1. The van der Waals surface area contributed by atoms with E-state index in [0.717, 1.165) is 71.4 Å². The molecule has 0 saturated carbocycles. The highest BCUT2D eigenvalue weighted by Crippen LogP contribution is 2.42. The van der Waals surface area contributed by atoms with Gasteiger partial charge >= 0.3 is 0 Å². The minimum absolute atomic E-state index is 0.615. The van der Waals surface area contributed by atoms with Crippen molar-refractivity contribution >= 4 is 64.0 Å². The van der Waals surface area contributed by atoms with Gasteiger partial charge in [-0.05, 0) is 86.8 Å². The monoisotopic (exact) mass is 743 g/mol. The first-order valence-electron chi connectivity index (χ1n) is 18.8. The fourth-order valence-electron chi connectivity index (χ4n) is 8.05. The molecule has 0 aliphatic heterocycles. The third kappa shape index (κ3) is 5.60. The average Bonchev–Trinajstić information content (AvgIpc) is 3.67. The highest BCUT2D eigenvalue weighted by Gasteiger charge is 2.18. The maximum atomic E-state index is 9.43. The van der Waals surface area contributed by atoms with Crippen LogP contribution < -0.4 is 0 Å². The molecule has 0 atom stereocenters. The number of aromatic nitrogens is 4. The van der Waals surface area contributed by atoms with Crippen molar-refractivity contribution in [2.75, 3.05) is 0 Å². The lowest BCUT2D eigenvalue weighted by Gasteiger charge is -2.16. The number of benzene rings is 8. The Morgan fingerprint density at radius 1 is 0.386 bits per heavy atom. The molecular formula is C51H29N5S. The molecule has 5 nitrogen and oxygen atoms in total. The zero-order valence-electron chi connectivity index (χ0n) is 30.4. The Balaban J connectivity index is 1.09. The van der Waals surface area contributed by atoms with Gasteiger partial charge in [-0.25, -0.2) is 15.0 Å². The summed E-state index contributed by atoms with van der Waals surface area (Å²) in [5.74, 6) is 1.88. The van der Waals surface area contributed by atoms with Crippen LogP contribution in [-0.2, 0) is 0 Å².